The quantitative estimate of drug-likeness (QED) is 0.508. The summed E-state index contributed by atoms with van der Waals surface area (Å²) in [4.78, 5) is 0. The van der Waals surface area contributed by atoms with Crippen LogP contribution >= 0.6 is 0 Å². The Bertz CT molecular complexity index is 567. The second kappa shape index (κ2) is 7.42. The first-order valence-corrected chi connectivity index (χ1v) is 11.0. The maximum atomic E-state index is 2.47. The fourth-order valence-electron chi connectivity index (χ4n) is 2.52. The van der Waals surface area contributed by atoms with Gasteiger partial charge < -0.3 is 0 Å². The highest BCUT2D eigenvalue weighted by Crippen LogP contribution is 2.15. The molecule has 2 aromatic carbocycles. The molecular formula is C20H26Si. The van der Waals surface area contributed by atoms with E-state index in [1.165, 1.54) is 23.6 Å². The summed E-state index contributed by atoms with van der Waals surface area (Å²) in [5, 5.41) is 1.55. The van der Waals surface area contributed by atoms with Crippen molar-refractivity contribution in [1.82, 2.24) is 0 Å². The van der Waals surface area contributed by atoms with Crippen LogP contribution in [0.1, 0.15) is 18.9 Å². The van der Waals surface area contributed by atoms with E-state index in [-0.39, 0.29) is 0 Å². The van der Waals surface area contributed by atoms with Gasteiger partial charge in [-0.25, -0.2) is 0 Å². The molecule has 0 nitrogen and oxygen atoms in total. The minimum Gasteiger partial charge on any atom is -0.0879 e. The molecular weight excluding hydrogens is 268 g/mol. The van der Waals surface area contributed by atoms with E-state index in [9.17, 15) is 0 Å². The first kappa shape index (κ1) is 15.8. The minimum absolute atomic E-state index is 1.15. The molecule has 0 aliphatic carbocycles. The Kier molecular flexibility index (Phi) is 5.57. The van der Waals surface area contributed by atoms with E-state index < -0.39 is 8.07 Å². The van der Waals surface area contributed by atoms with Crippen molar-refractivity contribution >= 4 is 13.3 Å². The fraction of sp³-hybridized carbons (Fsp3) is 0.300. The highest BCUT2D eigenvalue weighted by molar-refractivity contribution is 6.90. The average molecular weight is 295 g/mol. The van der Waals surface area contributed by atoms with Gasteiger partial charge in [0.05, 0.1) is 8.07 Å². The van der Waals surface area contributed by atoms with Crippen LogP contribution in [0.5, 0.6) is 0 Å². The monoisotopic (exact) mass is 294 g/mol. The van der Waals surface area contributed by atoms with E-state index in [4.69, 9.17) is 0 Å². The van der Waals surface area contributed by atoms with Crippen LogP contribution in [0.3, 0.4) is 0 Å². The van der Waals surface area contributed by atoms with Crippen molar-refractivity contribution in [2.75, 3.05) is 0 Å². The minimum atomic E-state index is -1.33. The Morgan fingerprint density at radius 3 is 2.10 bits per heavy atom. The molecule has 0 N–H and O–H groups in total. The van der Waals surface area contributed by atoms with Crippen molar-refractivity contribution in [3.63, 3.8) is 0 Å². The lowest BCUT2D eigenvalue weighted by Gasteiger charge is -2.21. The third-order valence-electron chi connectivity index (χ3n) is 4.17. The highest BCUT2D eigenvalue weighted by Gasteiger charge is 2.21. The van der Waals surface area contributed by atoms with Crippen LogP contribution in [0.2, 0.25) is 19.1 Å². The Morgan fingerprint density at radius 2 is 1.48 bits per heavy atom. The zero-order valence-corrected chi connectivity index (χ0v) is 14.5. The summed E-state index contributed by atoms with van der Waals surface area (Å²) in [5.74, 6) is 0. The molecule has 110 valence electrons. The van der Waals surface area contributed by atoms with Gasteiger partial charge in [-0.2, -0.15) is 0 Å². The van der Waals surface area contributed by atoms with Gasteiger partial charge >= 0.3 is 0 Å². The summed E-state index contributed by atoms with van der Waals surface area (Å²) in [7, 11) is -1.33. The summed E-state index contributed by atoms with van der Waals surface area (Å²) in [6.45, 7) is 7.20. The normalized spacial score (nSPS) is 12.4. The number of hydrogen-bond donors (Lipinski definition) is 0. The van der Waals surface area contributed by atoms with Gasteiger partial charge in [0.2, 0.25) is 0 Å². The fourth-order valence-corrected chi connectivity index (χ4v) is 4.71. The van der Waals surface area contributed by atoms with Gasteiger partial charge in [-0.3, -0.25) is 0 Å². The van der Waals surface area contributed by atoms with Crippen LogP contribution in [-0.2, 0) is 6.42 Å². The van der Waals surface area contributed by atoms with Crippen LogP contribution in [0, 0.1) is 0 Å². The van der Waals surface area contributed by atoms with E-state index in [1.807, 2.05) is 0 Å². The van der Waals surface area contributed by atoms with Crippen molar-refractivity contribution in [3.8, 4) is 0 Å². The second-order valence-electron chi connectivity index (χ2n) is 6.49. The van der Waals surface area contributed by atoms with Crippen LogP contribution in [0.25, 0.3) is 0 Å². The zero-order valence-electron chi connectivity index (χ0n) is 13.5. The number of aryl methyl sites for hydroxylation is 1. The van der Waals surface area contributed by atoms with E-state index in [0.717, 1.165) is 6.42 Å². The van der Waals surface area contributed by atoms with Crippen molar-refractivity contribution in [1.29, 1.82) is 0 Å². The third kappa shape index (κ3) is 5.02. The predicted molar refractivity (Wildman–Crippen MR) is 96.9 cm³/mol. The Morgan fingerprint density at radius 1 is 0.905 bits per heavy atom. The SMILES string of the molecule is C/C(=C\C[Si](C)(C)c1ccccc1)CCc1ccccc1. The van der Waals surface area contributed by atoms with Crippen molar-refractivity contribution in [2.24, 2.45) is 0 Å². The molecule has 0 aliphatic heterocycles. The molecule has 0 aliphatic rings. The first-order chi connectivity index (χ1) is 10.1. The maximum absolute atomic E-state index is 2.47. The van der Waals surface area contributed by atoms with Gasteiger partial charge in [0.25, 0.3) is 0 Å². The van der Waals surface area contributed by atoms with Crippen LogP contribution in [0.4, 0.5) is 0 Å². The van der Waals surface area contributed by atoms with Gasteiger partial charge in [0.15, 0.2) is 0 Å². The molecule has 0 saturated carbocycles. The Hall–Kier alpha value is -1.60. The van der Waals surface area contributed by atoms with E-state index in [2.05, 4.69) is 86.8 Å². The molecule has 1 heteroatoms. The van der Waals surface area contributed by atoms with Crippen molar-refractivity contribution < 1.29 is 0 Å². The lowest BCUT2D eigenvalue weighted by molar-refractivity contribution is 0.937. The Balaban J connectivity index is 1.91. The molecule has 0 saturated heterocycles. The first-order valence-electron chi connectivity index (χ1n) is 7.83. The topological polar surface area (TPSA) is 0 Å². The summed E-state index contributed by atoms with van der Waals surface area (Å²) < 4.78 is 0. The molecule has 21 heavy (non-hydrogen) atoms. The number of benzene rings is 2. The predicted octanol–water partition coefficient (Wildman–Crippen LogP) is 5.18. The number of allylic oxidation sites excluding steroid dienone is 2. The van der Waals surface area contributed by atoms with Gasteiger partial charge in [0, 0.05) is 0 Å². The zero-order chi connectivity index (χ0) is 15.1. The Labute approximate surface area is 130 Å². The van der Waals surface area contributed by atoms with Crippen molar-refractivity contribution in [3.05, 3.63) is 77.9 Å². The molecule has 0 amide bonds. The third-order valence-corrected chi connectivity index (χ3v) is 7.29. The van der Waals surface area contributed by atoms with Gasteiger partial charge in [-0.05, 0) is 31.4 Å². The molecule has 0 aromatic heterocycles. The summed E-state index contributed by atoms with van der Waals surface area (Å²) in [6, 6.07) is 23.0. The number of hydrogen-bond acceptors (Lipinski definition) is 0. The summed E-state index contributed by atoms with van der Waals surface area (Å²) in [5.41, 5.74) is 2.96. The standard InChI is InChI=1S/C20H26Si/c1-18(14-15-19-10-6-4-7-11-19)16-17-21(2,3)20-12-8-5-9-13-20/h4-13,16H,14-15,17H2,1-3H3/b18-16+. The maximum Gasteiger partial charge on any atom is 0.0843 e. The molecule has 2 aromatic rings. The van der Waals surface area contributed by atoms with Gasteiger partial charge in [-0.1, -0.05) is 90.6 Å². The van der Waals surface area contributed by atoms with Crippen LogP contribution < -0.4 is 5.19 Å². The van der Waals surface area contributed by atoms with E-state index in [1.54, 1.807) is 5.19 Å². The molecule has 0 atom stereocenters. The summed E-state index contributed by atoms with van der Waals surface area (Å²) in [6.07, 6.45) is 4.79. The lowest BCUT2D eigenvalue weighted by Crippen LogP contribution is -2.40. The van der Waals surface area contributed by atoms with Crippen LogP contribution in [0.15, 0.2) is 72.3 Å². The largest absolute Gasteiger partial charge is 0.0879 e. The second-order valence-corrected chi connectivity index (χ2v) is 11.2. The molecule has 0 unspecified atom stereocenters. The van der Waals surface area contributed by atoms with Gasteiger partial charge in [-0.15, -0.1) is 0 Å². The molecule has 0 heterocycles. The van der Waals surface area contributed by atoms with E-state index >= 15 is 0 Å². The smallest absolute Gasteiger partial charge is 0.0843 e. The summed E-state index contributed by atoms with van der Waals surface area (Å²) >= 11 is 0. The van der Waals surface area contributed by atoms with Crippen molar-refractivity contribution in [2.45, 2.75) is 38.9 Å². The number of rotatable bonds is 6. The van der Waals surface area contributed by atoms with Gasteiger partial charge in [0.1, 0.15) is 0 Å². The van der Waals surface area contributed by atoms with Crippen LogP contribution in [-0.4, -0.2) is 8.07 Å². The van der Waals surface area contributed by atoms with E-state index in [0.29, 0.717) is 0 Å². The molecule has 0 spiro atoms. The molecule has 2 rings (SSSR count). The highest BCUT2D eigenvalue weighted by atomic mass is 28.3. The average Bonchev–Trinajstić information content (AvgIpc) is 2.53. The lowest BCUT2D eigenvalue weighted by atomic mass is 10.1. The molecule has 0 fully saturated rings. The molecule has 0 radical (unpaired) electrons. The molecule has 0 bridgehead atoms.